The largest absolute Gasteiger partial charge is 0.492 e. The van der Waals surface area contributed by atoms with E-state index in [-0.39, 0.29) is 0 Å². The van der Waals surface area contributed by atoms with Crippen molar-refractivity contribution in [2.24, 2.45) is 5.92 Å². The van der Waals surface area contributed by atoms with Crippen molar-refractivity contribution in [1.29, 1.82) is 0 Å². The van der Waals surface area contributed by atoms with Crippen LogP contribution in [0, 0.1) is 12.8 Å². The predicted octanol–water partition coefficient (Wildman–Crippen LogP) is 3.25. The first-order valence-electron chi connectivity index (χ1n) is 8.05. The van der Waals surface area contributed by atoms with Gasteiger partial charge < -0.3 is 14.4 Å². The molecule has 0 atom stereocenters. The number of hydrogen-bond donors (Lipinski definition) is 1. The lowest BCUT2D eigenvalue weighted by atomic mass is 9.77. The Bertz CT molecular complexity index is 668. The van der Waals surface area contributed by atoms with E-state index in [0.717, 1.165) is 42.0 Å². The molecule has 0 amide bonds. The molecule has 0 unspecified atom stereocenters. The van der Waals surface area contributed by atoms with Crippen LogP contribution in [0.25, 0.3) is 11.2 Å². The van der Waals surface area contributed by atoms with Crippen molar-refractivity contribution in [3.05, 3.63) is 18.1 Å². The van der Waals surface area contributed by atoms with Crippen molar-refractivity contribution in [2.45, 2.75) is 58.6 Å². The number of pyridine rings is 1. The zero-order valence-electron chi connectivity index (χ0n) is 13.8. The van der Waals surface area contributed by atoms with Gasteiger partial charge in [-0.15, -0.1) is 0 Å². The smallest absolute Gasteiger partial charge is 0.160 e. The highest BCUT2D eigenvalue weighted by Crippen LogP contribution is 2.42. The lowest BCUT2D eigenvalue weighted by Crippen LogP contribution is -2.42. The van der Waals surface area contributed by atoms with Gasteiger partial charge in [0.05, 0.1) is 18.4 Å². The zero-order chi connectivity index (χ0) is 15.9. The second kappa shape index (κ2) is 5.54. The molecule has 0 spiro atoms. The van der Waals surface area contributed by atoms with E-state index >= 15 is 0 Å². The Labute approximate surface area is 131 Å². The molecule has 2 heterocycles. The molecule has 2 aromatic heterocycles. The molecule has 0 aliphatic heterocycles. The van der Waals surface area contributed by atoms with Gasteiger partial charge in [-0.25, -0.2) is 9.97 Å². The first kappa shape index (κ1) is 15.3. The minimum atomic E-state index is -0.548. The molecule has 1 aliphatic carbocycles. The Kier molecular flexibility index (Phi) is 3.85. The first-order valence-corrected chi connectivity index (χ1v) is 8.05. The fourth-order valence-corrected chi connectivity index (χ4v) is 3.14. The van der Waals surface area contributed by atoms with Gasteiger partial charge in [0.25, 0.3) is 0 Å². The van der Waals surface area contributed by atoms with Crippen molar-refractivity contribution in [1.82, 2.24) is 14.5 Å². The van der Waals surface area contributed by atoms with Crippen LogP contribution in [-0.2, 0) is 0 Å². The Morgan fingerprint density at radius 2 is 2.18 bits per heavy atom. The van der Waals surface area contributed by atoms with E-state index < -0.39 is 5.60 Å². The third-order valence-electron chi connectivity index (χ3n) is 4.36. The summed E-state index contributed by atoms with van der Waals surface area (Å²) in [4.78, 5) is 9.15. The van der Waals surface area contributed by atoms with E-state index in [1.165, 1.54) is 0 Å². The summed E-state index contributed by atoms with van der Waals surface area (Å²) in [6, 6.07) is 2.25. The average Bonchev–Trinajstić information content (AvgIpc) is 2.70. The van der Waals surface area contributed by atoms with Gasteiger partial charge in [0.2, 0.25) is 0 Å². The van der Waals surface area contributed by atoms with Crippen LogP contribution in [0.2, 0.25) is 0 Å². The number of fused-ring (bicyclic) bond motifs is 1. The molecule has 0 radical (unpaired) electrons. The van der Waals surface area contributed by atoms with E-state index in [9.17, 15) is 5.11 Å². The molecule has 3 rings (SSSR count). The molecule has 1 saturated carbocycles. The lowest BCUT2D eigenvalue weighted by Gasteiger charge is -2.42. The second-order valence-electron chi connectivity index (χ2n) is 7.13. The Morgan fingerprint density at radius 3 is 2.82 bits per heavy atom. The highest BCUT2D eigenvalue weighted by atomic mass is 16.5. The van der Waals surface area contributed by atoms with Crippen LogP contribution in [0.1, 0.15) is 51.9 Å². The summed E-state index contributed by atoms with van der Waals surface area (Å²) in [6.07, 6.45) is 4.32. The van der Waals surface area contributed by atoms with Gasteiger partial charge >= 0.3 is 0 Å². The monoisotopic (exact) mass is 303 g/mol. The minimum Gasteiger partial charge on any atom is -0.492 e. The number of ether oxygens (including phenoxy) is 1. The quantitative estimate of drug-likeness (QED) is 0.921. The van der Waals surface area contributed by atoms with Gasteiger partial charge in [0, 0.05) is 12.1 Å². The third kappa shape index (κ3) is 2.95. The summed E-state index contributed by atoms with van der Waals surface area (Å²) >= 11 is 0. The highest BCUT2D eigenvalue weighted by Gasteiger charge is 2.40. The second-order valence-corrected chi connectivity index (χ2v) is 7.13. The zero-order valence-corrected chi connectivity index (χ0v) is 13.8. The van der Waals surface area contributed by atoms with Crippen LogP contribution < -0.4 is 4.74 Å². The molecule has 2 aromatic rings. The van der Waals surface area contributed by atoms with Crippen molar-refractivity contribution < 1.29 is 9.84 Å². The standard InChI is InChI=1S/C17H25N3O2/c1-11(2)5-6-22-14-7-15-16(18-10-14)20(12(3)19-15)13-8-17(4,21)9-13/h7,10-11,13,21H,5-6,8-9H2,1-4H3/t13-,17+. The van der Waals surface area contributed by atoms with E-state index in [2.05, 4.69) is 28.4 Å². The molecule has 0 aromatic carbocycles. The SMILES string of the molecule is Cc1nc2cc(OCCC(C)C)cnc2n1[C@H]1C[C@@](C)(O)C1. The number of imidazole rings is 1. The first-order chi connectivity index (χ1) is 10.4. The normalized spacial score (nSPS) is 24.7. The maximum absolute atomic E-state index is 9.96. The molecule has 1 aliphatic rings. The van der Waals surface area contributed by atoms with Crippen LogP contribution in [0.3, 0.4) is 0 Å². The van der Waals surface area contributed by atoms with Crippen molar-refractivity contribution in [3.8, 4) is 5.75 Å². The van der Waals surface area contributed by atoms with Gasteiger partial charge in [0.15, 0.2) is 5.65 Å². The topological polar surface area (TPSA) is 60.2 Å². The summed E-state index contributed by atoms with van der Waals surface area (Å²) in [5.41, 5.74) is 1.20. The number of rotatable bonds is 5. The van der Waals surface area contributed by atoms with Crippen molar-refractivity contribution >= 4 is 11.2 Å². The van der Waals surface area contributed by atoms with E-state index in [1.807, 2.05) is 19.9 Å². The molecule has 22 heavy (non-hydrogen) atoms. The van der Waals surface area contributed by atoms with Crippen LogP contribution in [-0.4, -0.2) is 31.8 Å². The van der Waals surface area contributed by atoms with Crippen LogP contribution in [0.15, 0.2) is 12.3 Å². The van der Waals surface area contributed by atoms with E-state index in [1.54, 1.807) is 6.20 Å². The Hall–Kier alpha value is -1.62. The van der Waals surface area contributed by atoms with Crippen LogP contribution in [0.4, 0.5) is 0 Å². The molecule has 120 valence electrons. The van der Waals surface area contributed by atoms with Crippen molar-refractivity contribution in [2.75, 3.05) is 6.61 Å². The molecule has 0 bridgehead atoms. The van der Waals surface area contributed by atoms with Gasteiger partial charge in [-0.2, -0.15) is 0 Å². The lowest BCUT2D eigenvalue weighted by molar-refractivity contribution is -0.0504. The van der Waals surface area contributed by atoms with Gasteiger partial charge in [0.1, 0.15) is 17.1 Å². The average molecular weight is 303 g/mol. The van der Waals surface area contributed by atoms with Crippen LogP contribution in [0.5, 0.6) is 5.75 Å². The summed E-state index contributed by atoms with van der Waals surface area (Å²) in [5.74, 6) is 2.35. The maximum Gasteiger partial charge on any atom is 0.160 e. The molecular weight excluding hydrogens is 278 g/mol. The number of aromatic nitrogens is 3. The van der Waals surface area contributed by atoms with E-state index in [4.69, 9.17) is 4.74 Å². The maximum atomic E-state index is 9.96. The predicted molar refractivity (Wildman–Crippen MR) is 86.1 cm³/mol. The Balaban J connectivity index is 1.80. The molecule has 1 fully saturated rings. The minimum absolute atomic E-state index is 0.292. The van der Waals surface area contributed by atoms with E-state index in [0.29, 0.717) is 18.6 Å². The number of nitrogens with zero attached hydrogens (tertiary/aromatic N) is 3. The number of hydrogen-bond acceptors (Lipinski definition) is 4. The summed E-state index contributed by atoms with van der Waals surface area (Å²) < 4.78 is 7.90. The summed E-state index contributed by atoms with van der Waals surface area (Å²) in [5, 5.41) is 9.96. The molecule has 5 nitrogen and oxygen atoms in total. The number of aryl methyl sites for hydroxylation is 1. The van der Waals surface area contributed by atoms with Crippen molar-refractivity contribution in [3.63, 3.8) is 0 Å². The third-order valence-corrected chi connectivity index (χ3v) is 4.36. The molecule has 5 heteroatoms. The molecule has 0 saturated heterocycles. The summed E-state index contributed by atoms with van der Waals surface area (Å²) in [7, 11) is 0. The fraction of sp³-hybridized carbons (Fsp3) is 0.647. The number of aliphatic hydroxyl groups is 1. The van der Waals surface area contributed by atoms with Gasteiger partial charge in [-0.05, 0) is 39.0 Å². The molecular formula is C17H25N3O2. The van der Waals surface area contributed by atoms with Crippen LogP contribution >= 0.6 is 0 Å². The highest BCUT2D eigenvalue weighted by molar-refractivity contribution is 5.73. The van der Waals surface area contributed by atoms with Gasteiger partial charge in [-0.1, -0.05) is 13.8 Å². The summed E-state index contributed by atoms with van der Waals surface area (Å²) in [6.45, 7) is 8.95. The fourth-order valence-electron chi connectivity index (χ4n) is 3.14. The van der Waals surface area contributed by atoms with Gasteiger partial charge in [-0.3, -0.25) is 0 Å². The Morgan fingerprint density at radius 1 is 1.45 bits per heavy atom. The molecule has 1 N–H and O–H groups in total.